The number of benzene rings is 2. The Kier molecular flexibility index (Phi) is 4.43. The zero-order chi connectivity index (χ0) is 18.9. The summed E-state index contributed by atoms with van der Waals surface area (Å²) in [5.41, 5.74) is -4.60. The van der Waals surface area contributed by atoms with Gasteiger partial charge in [-0.3, -0.25) is 0 Å². The smallest absolute Gasteiger partial charge is 0.166 e. The monoisotopic (exact) mass is 368 g/mol. The molecule has 134 valence electrons. The molecule has 0 fully saturated rings. The molecule has 1 aromatic heterocycles. The standard InChI is InChI=1S/C18H10F6N2/c19-17(20,21)14-13(11-7-3-1-4-8-11)15(12-9-5-2-6-10-12)25-26-16(14)18(22,23)24/h1-10H. The van der Waals surface area contributed by atoms with E-state index in [1.54, 1.807) is 24.3 Å². The van der Waals surface area contributed by atoms with Crippen molar-refractivity contribution < 1.29 is 26.3 Å². The molecule has 0 saturated heterocycles. The number of alkyl halides is 6. The van der Waals surface area contributed by atoms with Gasteiger partial charge in [-0.05, 0) is 5.56 Å². The molecule has 0 amide bonds. The number of hydrogen-bond donors (Lipinski definition) is 0. The fourth-order valence-electron chi connectivity index (χ4n) is 2.60. The minimum absolute atomic E-state index is 0.0286. The van der Waals surface area contributed by atoms with E-state index < -0.39 is 29.2 Å². The molecular weight excluding hydrogens is 358 g/mol. The van der Waals surface area contributed by atoms with Gasteiger partial charge in [0.25, 0.3) is 0 Å². The first-order valence-corrected chi connectivity index (χ1v) is 7.35. The van der Waals surface area contributed by atoms with E-state index in [9.17, 15) is 26.3 Å². The van der Waals surface area contributed by atoms with Gasteiger partial charge in [-0.2, -0.15) is 26.3 Å². The van der Waals surface area contributed by atoms with Crippen LogP contribution in [0.3, 0.4) is 0 Å². The molecule has 0 aliphatic heterocycles. The maximum absolute atomic E-state index is 13.7. The summed E-state index contributed by atoms with van der Waals surface area (Å²) in [6, 6.07) is 14.7. The molecule has 0 radical (unpaired) electrons. The Morgan fingerprint density at radius 2 is 1.08 bits per heavy atom. The summed E-state index contributed by atoms with van der Waals surface area (Å²) >= 11 is 0. The molecule has 1 heterocycles. The third-order valence-electron chi connectivity index (χ3n) is 3.64. The van der Waals surface area contributed by atoms with Crippen molar-refractivity contribution in [1.82, 2.24) is 10.2 Å². The van der Waals surface area contributed by atoms with E-state index in [0.717, 1.165) is 0 Å². The van der Waals surface area contributed by atoms with Crippen LogP contribution in [0.15, 0.2) is 60.7 Å². The van der Waals surface area contributed by atoms with E-state index >= 15 is 0 Å². The predicted molar refractivity (Wildman–Crippen MR) is 82.9 cm³/mol. The van der Waals surface area contributed by atoms with Gasteiger partial charge in [0, 0.05) is 11.1 Å². The van der Waals surface area contributed by atoms with Crippen molar-refractivity contribution in [1.29, 1.82) is 0 Å². The summed E-state index contributed by atoms with van der Waals surface area (Å²) in [6.07, 6.45) is -10.6. The van der Waals surface area contributed by atoms with Crippen LogP contribution < -0.4 is 0 Å². The molecule has 26 heavy (non-hydrogen) atoms. The molecule has 0 spiro atoms. The first-order valence-electron chi connectivity index (χ1n) is 7.35. The second-order valence-electron chi connectivity index (χ2n) is 5.37. The summed E-state index contributed by atoms with van der Waals surface area (Å²) in [5, 5.41) is 6.38. The quantitative estimate of drug-likeness (QED) is 0.531. The maximum atomic E-state index is 13.7. The fraction of sp³-hybridized carbons (Fsp3) is 0.111. The van der Waals surface area contributed by atoms with Gasteiger partial charge in [0.05, 0.1) is 5.56 Å². The van der Waals surface area contributed by atoms with Crippen LogP contribution in [0.2, 0.25) is 0 Å². The van der Waals surface area contributed by atoms with E-state index in [-0.39, 0.29) is 16.8 Å². The molecule has 0 bridgehead atoms. The summed E-state index contributed by atoms with van der Waals surface area (Å²) < 4.78 is 80.6. The lowest BCUT2D eigenvalue weighted by atomic mass is 9.93. The molecule has 0 atom stereocenters. The van der Waals surface area contributed by atoms with Gasteiger partial charge in [0.1, 0.15) is 5.69 Å². The van der Waals surface area contributed by atoms with Crippen LogP contribution >= 0.6 is 0 Å². The van der Waals surface area contributed by atoms with Crippen molar-refractivity contribution >= 4 is 0 Å². The number of halogens is 6. The number of rotatable bonds is 2. The van der Waals surface area contributed by atoms with Crippen LogP contribution in [-0.4, -0.2) is 10.2 Å². The lowest BCUT2D eigenvalue weighted by molar-refractivity contribution is -0.164. The van der Waals surface area contributed by atoms with E-state index in [1.165, 1.54) is 36.4 Å². The Hall–Kier alpha value is -2.90. The minimum Gasteiger partial charge on any atom is -0.166 e. The largest absolute Gasteiger partial charge is 0.435 e. The zero-order valence-corrected chi connectivity index (χ0v) is 12.9. The van der Waals surface area contributed by atoms with Gasteiger partial charge >= 0.3 is 12.4 Å². The Bertz CT molecular complexity index is 903. The third kappa shape index (κ3) is 3.40. The fourth-order valence-corrected chi connectivity index (χ4v) is 2.60. The Labute approximate surface area is 144 Å². The molecular formula is C18H10F6N2. The highest BCUT2D eigenvalue weighted by atomic mass is 19.4. The average Bonchev–Trinajstić information content (AvgIpc) is 2.60. The van der Waals surface area contributed by atoms with Crippen LogP contribution in [0.5, 0.6) is 0 Å². The average molecular weight is 368 g/mol. The van der Waals surface area contributed by atoms with Crippen LogP contribution in [0.1, 0.15) is 11.3 Å². The van der Waals surface area contributed by atoms with Crippen molar-refractivity contribution in [3.63, 3.8) is 0 Å². The summed E-state index contributed by atoms with van der Waals surface area (Å²) in [5.74, 6) is 0. The van der Waals surface area contributed by atoms with E-state index in [2.05, 4.69) is 10.2 Å². The molecule has 3 rings (SSSR count). The summed E-state index contributed by atoms with van der Waals surface area (Å²) in [7, 11) is 0. The molecule has 3 aromatic rings. The topological polar surface area (TPSA) is 25.8 Å². The molecule has 0 N–H and O–H groups in total. The van der Waals surface area contributed by atoms with Gasteiger partial charge in [0.2, 0.25) is 0 Å². The van der Waals surface area contributed by atoms with E-state index in [4.69, 9.17) is 0 Å². The molecule has 0 aliphatic carbocycles. The second-order valence-corrected chi connectivity index (χ2v) is 5.37. The first kappa shape index (κ1) is 17.9. The molecule has 0 unspecified atom stereocenters. The minimum atomic E-state index is -5.30. The van der Waals surface area contributed by atoms with Crippen molar-refractivity contribution in [2.75, 3.05) is 0 Å². The first-order chi connectivity index (χ1) is 12.2. The number of nitrogens with zero attached hydrogens (tertiary/aromatic N) is 2. The molecule has 2 nitrogen and oxygen atoms in total. The zero-order valence-electron chi connectivity index (χ0n) is 12.9. The molecule has 8 heteroatoms. The van der Waals surface area contributed by atoms with Crippen LogP contribution in [0, 0.1) is 0 Å². The second kappa shape index (κ2) is 6.44. The SMILES string of the molecule is FC(F)(F)c1nnc(-c2ccccc2)c(-c2ccccc2)c1C(F)(F)F. The Balaban J connectivity index is 2.45. The Morgan fingerprint density at radius 1 is 0.577 bits per heavy atom. The highest BCUT2D eigenvalue weighted by Gasteiger charge is 2.48. The van der Waals surface area contributed by atoms with Crippen molar-refractivity contribution in [3.05, 3.63) is 71.9 Å². The summed E-state index contributed by atoms with van der Waals surface area (Å²) in [4.78, 5) is 0. The van der Waals surface area contributed by atoms with Gasteiger partial charge in [-0.15, -0.1) is 10.2 Å². The molecule has 0 aliphatic rings. The van der Waals surface area contributed by atoms with Gasteiger partial charge in [-0.1, -0.05) is 60.7 Å². The van der Waals surface area contributed by atoms with Gasteiger partial charge < -0.3 is 0 Å². The normalized spacial score (nSPS) is 12.2. The van der Waals surface area contributed by atoms with Gasteiger partial charge in [0.15, 0.2) is 5.69 Å². The predicted octanol–water partition coefficient (Wildman–Crippen LogP) is 5.85. The maximum Gasteiger partial charge on any atom is 0.435 e. The molecule has 0 saturated carbocycles. The lowest BCUT2D eigenvalue weighted by Gasteiger charge is -2.20. The third-order valence-corrected chi connectivity index (χ3v) is 3.64. The van der Waals surface area contributed by atoms with Crippen LogP contribution in [-0.2, 0) is 12.4 Å². The highest BCUT2D eigenvalue weighted by Crippen LogP contribution is 2.46. The van der Waals surface area contributed by atoms with Crippen molar-refractivity contribution in [2.45, 2.75) is 12.4 Å². The van der Waals surface area contributed by atoms with Crippen molar-refractivity contribution in [2.24, 2.45) is 0 Å². The highest BCUT2D eigenvalue weighted by molar-refractivity contribution is 5.83. The van der Waals surface area contributed by atoms with Crippen LogP contribution in [0.4, 0.5) is 26.3 Å². The van der Waals surface area contributed by atoms with E-state index in [1.807, 2.05) is 0 Å². The van der Waals surface area contributed by atoms with Crippen LogP contribution in [0.25, 0.3) is 22.4 Å². The van der Waals surface area contributed by atoms with E-state index in [0.29, 0.717) is 0 Å². The number of hydrogen-bond acceptors (Lipinski definition) is 2. The van der Waals surface area contributed by atoms with Crippen molar-refractivity contribution in [3.8, 4) is 22.4 Å². The summed E-state index contributed by atoms with van der Waals surface area (Å²) in [6.45, 7) is 0. The molecule has 2 aromatic carbocycles. The Morgan fingerprint density at radius 3 is 1.54 bits per heavy atom. The number of aromatic nitrogens is 2. The van der Waals surface area contributed by atoms with Gasteiger partial charge in [-0.25, -0.2) is 0 Å². The lowest BCUT2D eigenvalue weighted by Crippen LogP contribution is -2.21.